The van der Waals surface area contributed by atoms with E-state index in [0.29, 0.717) is 18.0 Å². The van der Waals surface area contributed by atoms with Crippen molar-refractivity contribution < 1.29 is 5.11 Å². The predicted molar refractivity (Wildman–Crippen MR) is 50.8 cm³/mol. The first-order valence-corrected chi connectivity index (χ1v) is 4.10. The average Bonchev–Trinajstić information content (AvgIpc) is 2.12. The third kappa shape index (κ3) is 2.86. The molecule has 1 N–H and O–H groups in total. The normalized spacial score (nSPS) is 9.31. The maximum absolute atomic E-state index is 9.10. The van der Waals surface area contributed by atoms with Gasteiger partial charge < -0.3 is 5.11 Å². The summed E-state index contributed by atoms with van der Waals surface area (Å²) >= 11 is 5.67. The van der Waals surface area contributed by atoms with E-state index in [1.165, 1.54) is 6.07 Å². The van der Waals surface area contributed by atoms with Crippen LogP contribution in [0.15, 0.2) is 23.3 Å². The molecule has 0 saturated carbocycles. The summed E-state index contributed by atoms with van der Waals surface area (Å²) in [6.45, 7) is 0.400. The molecule has 0 atom stereocenters. The Morgan fingerprint density at radius 3 is 2.92 bits per heavy atom. The quantitative estimate of drug-likeness (QED) is 0.452. The lowest BCUT2D eigenvalue weighted by Crippen LogP contribution is -1.87. The minimum Gasteiger partial charge on any atom is -0.506 e. The van der Waals surface area contributed by atoms with Gasteiger partial charge in [0.15, 0.2) is 0 Å². The minimum absolute atomic E-state index is 0.0641. The van der Waals surface area contributed by atoms with Gasteiger partial charge >= 0.3 is 0 Å². The van der Waals surface area contributed by atoms with Crippen LogP contribution in [0.5, 0.6) is 5.75 Å². The van der Waals surface area contributed by atoms with Crippen molar-refractivity contribution in [1.82, 2.24) is 0 Å². The number of aromatic hydroxyl groups is 1. The number of phenols is 1. The molecular weight excluding hydrogens is 190 g/mol. The standard InChI is InChI=1S/C8H8ClN3O/c9-7-5-6(1-2-8(7)13)3-4-11-12-10/h1-2,5,13H,3-4H2. The highest BCUT2D eigenvalue weighted by molar-refractivity contribution is 6.32. The van der Waals surface area contributed by atoms with Gasteiger partial charge in [0.1, 0.15) is 5.75 Å². The van der Waals surface area contributed by atoms with Gasteiger partial charge in [-0.15, -0.1) is 0 Å². The Labute approximate surface area is 80.4 Å². The van der Waals surface area contributed by atoms with Gasteiger partial charge in [0.05, 0.1) is 5.02 Å². The van der Waals surface area contributed by atoms with Crippen molar-refractivity contribution in [3.05, 3.63) is 39.2 Å². The van der Waals surface area contributed by atoms with Crippen molar-refractivity contribution in [2.45, 2.75) is 6.42 Å². The highest BCUT2D eigenvalue weighted by Crippen LogP contribution is 2.23. The highest BCUT2D eigenvalue weighted by atomic mass is 35.5. The van der Waals surface area contributed by atoms with E-state index in [-0.39, 0.29) is 5.75 Å². The smallest absolute Gasteiger partial charge is 0.134 e. The SMILES string of the molecule is [N-]=[N+]=NCCc1ccc(O)c(Cl)c1. The number of nitrogens with zero attached hydrogens (tertiary/aromatic N) is 3. The van der Waals surface area contributed by atoms with Crippen molar-refractivity contribution in [1.29, 1.82) is 0 Å². The molecule has 0 heterocycles. The first-order valence-electron chi connectivity index (χ1n) is 3.72. The summed E-state index contributed by atoms with van der Waals surface area (Å²) in [5.41, 5.74) is 8.98. The number of hydrogen-bond acceptors (Lipinski definition) is 2. The van der Waals surface area contributed by atoms with E-state index >= 15 is 0 Å². The molecule has 4 nitrogen and oxygen atoms in total. The number of rotatable bonds is 3. The molecule has 5 heteroatoms. The van der Waals surface area contributed by atoms with Gasteiger partial charge in [-0.2, -0.15) is 0 Å². The molecule has 0 aliphatic heterocycles. The summed E-state index contributed by atoms with van der Waals surface area (Å²) in [6.07, 6.45) is 0.629. The molecule has 0 bridgehead atoms. The highest BCUT2D eigenvalue weighted by Gasteiger charge is 1.98. The van der Waals surface area contributed by atoms with Crippen molar-refractivity contribution in [2.24, 2.45) is 5.11 Å². The summed E-state index contributed by atoms with van der Waals surface area (Å²) in [7, 11) is 0. The number of hydrogen-bond donors (Lipinski definition) is 1. The van der Waals surface area contributed by atoms with Crippen molar-refractivity contribution in [3.8, 4) is 5.75 Å². The summed E-state index contributed by atoms with van der Waals surface area (Å²) in [6, 6.07) is 4.92. The molecule has 1 aromatic carbocycles. The van der Waals surface area contributed by atoms with E-state index in [9.17, 15) is 0 Å². The minimum atomic E-state index is 0.0641. The molecule has 0 aliphatic carbocycles. The van der Waals surface area contributed by atoms with Gasteiger partial charge in [0, 0.05) is 11.5 Å². The fraction of sp³-hybridized carbons (Fsp3) is 0.250. The van der Waals surface area contributed by atoms with Gasteiger partial charge in [-0.05, 0) is 29.6 Å². The molecule has 0 radical (unpaired) electrons. The molecule has 13 heavy (non-hydrogen) atoms. The Hall–Kier alpha value is -1.38. The zero-order chi connectivity index (χ0) is 9.68. The maximum Gasteiger partial charge on any atom is 0.134 e. The zero-order valence-corrected chi connectivity index (χ0v) is 7.57. The van der Waals surface area contributed by atoms with E-state index < -0.39 is 0 Å². The molecule has 0 spiro atoms. The van der Waals surface area contributed by atoms with Gasteiger partial charge in [-0.25, -0.2) is 0 Å². The summed E-state index contributed by atoms with van der Waals surface area (Å²) in [4.78, 5) is 2.63. The summed E-state index contributed by atoms with van der Waals surface area (Å²) < 4.78 is 0. The zero-order valence-electron chi connectivity index (χ0n) is 6.81. The van der Waals surface area contributed by atoms with Gasteiger partial charge in [-0.3, -0.25) is 0 Å². The second-order valence-electron chi connectivity index (χ2n) is 2.49. The topological polar surface area (TPSA) is 69.0 Å². The third-order valence-corrected chi connectivity index (χ3v) is 1.88. The molecule has 68 valence electrons. The number of halogens is 1. The maximum atomic E-state index is 9.10. The number of phenolic OH excluding ortho intramolecular Hbond substituents is 1. The molecule has 1 rings (SSSR count). The third-order valence-electron chi connectivity index (χ3n) is 1.58. The van der Waals surface area contributed by atoms with E-state index in [2.05, 4.69) is 10.0 Å². The Morgan fingerprint density at radius 1 is 1.54 bits per heavy atom. The molecule has 0 unspecified atom stereocenters. The molecule has 0 fully saturated rings. The molecular formula is C8H8ClN3O. The lowest BCUT2D eigenvalue weighted by atomic mass is 10.1. The van der Waals surface area contributed by atoms with E-state index in [4.69, 9.17) is 22.2 Å². The lowest BCUT2D eigenvalue weighted by Gasteiger charge is -2.00. The molecule has 0 amide bonds. The fourth-order valence-electron chi connectivity index (χ4n) is 0.930. The lowest BCUT2D eigenvalue weighted by molar-refractivity contribution is 0.475. The van der Waals surface area contributed by atoms with Crippen LogP contribution >= 0.6 is 11.6 Å². The molecule has 0 saturated heterocycles. The first kappa shape index (κ1) is 9.71. The monoisotopic (exact) mass is 197 g/mol. The van der Waals surface area contributed by atoms with Crippen molar-refractivity contribution in [2.75, 3.05) is 6.54 Å². The summed E-state index contributed by atoms with van der Waals surface area (Å²) in [5.74, 6) is 0.0641. The second kappa shape index (κ2) is 4.60. The van der Waals surface area contributed by atoms with Gasteiger partial charge in [0.2, 0.25) is 0 Å². The Balaban J connectivity index is 2.68. The number of azide groups is 1. The molecule has 0 aliphatic rings. The van der Waals surface area contributed by atoms with Crippen LogP contribution in [0, 0.1) is 0 Å². The summed E-state index contributed by atoms with van der Waals surface area (Å²) in [5, 5.41) is 12.8. The van der Waals surface area contributed by atoms with Gasteiger partial charge in [-0.1, -0.05) is 22.8 Å². The van der Waals surface area contributed by atoms with Crippen LogP contribution < -0.4 is 0 Å². The van der Waals surface area contributed by atoms with Crippen molar-refractivity contribution in [3.63, 3.8) is 0 Å². The first-order chi connectivity index (χ1) is 6.24. The fourth-order valence-corrected chi connectivity index (χ4v) is 1.13. The molecule has 1 aromatic rings. The van der Waals surface area contributed by atoms with Crippen LogP contribution in [-0.2, 0) is 6.42 Å². The average molecular weight is 198 g/mol. The van der Waals surface area contributed by atoms with Crippen LogP contribution in [0.1, 0.15) is 5.56 Å². The van der Waals surface area contributed by atoms with Crippen molar-refractivity contribution >= 4 is 11.6 Å². The Kier molecular flexibility index (Phi) is 3.43. The van der Waals surface area contributed by atoms with Crippen LogP contribution in [0.2, 0.25) is 5.02 Å². The second-order valence-corrected chi connectivity index (χ2v) is 2.90. The van der Waals surface area contributed by atoms with Crippen LogP contribution in [0.25, 0.3) is 10.4 Å². The van der Waals surface area contributed by atoms with E-state index in [0.717, 1.165) is 5.56 Å². The Bertz CT molecular complexity index is 347. The van der Waals surface area contributed by atoms with Crippen LogP contribution in [-0.4, -0.2) is 11.7 Å². The van der Waals surface area contributed by atoms with Crippen LogP contribution in [0.3, 0.4) is 0 Å². The van der Waals surface area contributed by atoms with E-state index in [1.54, 1.807) is 12.1 Å². The van der Waals surface area contributed by atoms with E-state index in [1.807, 2.05) is 0 Å². The number of benzene rings is 1. The van der Waals surface area contributed by atoms with Crippen LogP contribution in [0.4, 0.5) is 0 Å². The Morgan fingerprint density at radius 2 is 2.31 bits per heavy atom. The molecule has 0 aromatic heterocycles. The van der Waals surface area contributed by atoms with Gasteiger partial charge in [0.25, 0.3) is 0 Å². The largest absolute Gasteiger partial charge is 0.506 e. The predicted octanol–water partition coefficient (Wildman–Crippen LogP) is 2.90.